The smallest absolute Gasteiger partial charge is 0.175 e. The van der Waals surface area contributed by atoms with Crippen molar-refractivity contribution in [1.29, 1.82) is 0 Å². The average Bonchev–Trinajstić information content (AvgIpc) is 3.25. The van der Waals surface area contributed by atoms with Crippen molar-refractivity contribution in [3.05, 3.63) is 99.3 Å². The van der Waals surface area contributed by atoms with Crippen LogP contribution in [0.15, 0.2) is 65.7 Å². The second-order valence-corrected chi connectivity index (χ2v) is 12.3. The summed E-state index contributed by atoms with van der Waals surface area (Å²) in [6.45, 7) is 5.04. The van der Waals surface area contributed by atoms with Crippen LogP contribution in [0.1, 0.15) is 43.4 Å². The van der Waals surface area contributed by atoms with Crippen LogP contribution in [0.3, 0.4) is 0 Å². The number of rotatable bonds is 7. The third-order valence-corrected chi connectivity index (χ3v) is 8.06. The molecule has 0 radical (unpaired) electrons. The Morgan fingerprint density at radius 2 is 1.62 bits per heavy atom. The standard InChI is InChI=1S/C28H27Cl2FN2O3S/c1-5-20-24(31)13-18(14-25(20)37(4,35)36)17-9-11-19(12-10-17)33-16-26(28(2,3)34)32-27(33)15-21-22(29)7-6-8-23(21)30/h6-14,16,34H,5,15H2,1-4H3. The summed E-state index contributed by atoms with van der Waals surface area (Å²) in [5, 5.41) is 11.6. The fourth-order valence-electron chi connectivity index (χ4n) is 4.19. The van der Waals surface area contributed by atoms with E-state index in [2.05, 4.69) is 4.98 Å². The van der Waals surface area contributed by atoms with Gasteiger partial charge in [0.2, 0.25) is 0 Å². The number of aliphatic hydroxyl groups is 1. The predicted molar refractivity (Wildman–Crippen MR) is 146 cm³/mol. The van der Waals surface area contributed by atoms with E-state index in [-0.39, 0.29) is 16.9 Å². The highest BCUT2D eigenvalue weighted by Gasteiger charge is 2.23. The van der Waals surface area contributed by atoms with E-state index in [4.69, 9.17) is 23.2 Å². The summed E-state index contributed by atoms with van der Waals surface area (Å²) in [4.78, 5) is 4.66. The van der Waals surface area contributed by atoms with Crippen LogP contribution in [-0.4, -0.2) is 29.3 Å². The molecule has 0 atom stereocenters. The van der Waals surface area contributed by atoms with Gasteiger partial charge in [0.1, 0.15) is 17.2 Å². The molecule has 3 aromatic carbocycles. The lowest BCUT2D eigenvalue weighted by molar-refractivity contribution is 0.0741. The molecule has 1 aromatic heterocycles. The fourth-order valence-corrected chi connectivity index (χ4v) is 5.75. The lowest BCUT2D eigenvalue weighted by Gasteiger charge is -2.13. The molecule has 4 aromatic rings. The van der Waals surface area contributed by atoms with E-state index in [9.17, 15) is 17.9 Å². The van der Waals surface area contributed by atoms with Crippen LogP contribution >= 0.6 is 23.2 Å². The molecule has 0 spiro atoms. The molecule has 0 amide bonds. The first-order valence-corrected chi connectivity index (χ1v) is 14.3. The van der Waals surface area contributed by atoms with Gasteiger partial charge in [-0.05, 0) is 73.4 Å². The number of hydrogen-bond donors (Lipinski definition) is 1. The summed E-state index contributed by atoms with van der Waals surface area (Å²) in [6, 6.07) is 15.4. The van der Waals surface area contributed by atoms with Crippen molar-refractivity contribution in [2.45, 2.75) is 44.1 Å². The van der Waals surface area contributed by atoms with E-state index in [0.29, 0.717) is 39.1 Å². The minimum absolute atomic E-state index is 0.00240. The zero-order valence-electron chi connectivity index (χ0n) is 20.9. The third-order valence-electron chi connectivity index (χ3n) is 6.19. The molecule has 37 heavy (non-hydrogen) atoms. The topological polar surface area (TPSA) is 72.2 Å². The molecule has 1 N–H and O–H groups in total. The van der Waals surface area contributed by atoms with Crippen molar-refractivity contribution in [1.82, 2.24) is 9.55 Å². The first-order valence-electron chi connectivity index (χ1n) is 11.7. The van der Waals surface area contributed by atoms with Gasteiger partial charge in [0.25, 0.3) is 0 Å². The molecular formula is C28H27Cl2FN2O3S. The lowest BCUT2D eigenvalue weighted by Crippen LogP contribution is -2.15. The maximum Gasteiger partial charge on any atom is 0.175 e. The van der Waals surface area contributed by atoms with E-state index in [1.807, 2.05) is 16.7 Å². The Kier molecular flexibility index (Phi) is 7.55. The van der Waals surface area contributed by atoms with Crippen LogP contribution in [0.25, 0.3) is 16.8 Å². The Bertz CT molecular complexity index is 1550. The molecule has 0 fully saturated rings. The largest absolute Gasteiger partial charge is 0.384 e. The van der Waals surface area contributed by atoms with Crippen molar-refractivity contribution in [2.75, 3.05) is 6.26 Å². The lowest BCUT2D eigenvalue weighted by atomic mass is 10.0. The normalized spacial score (nSPS) is 12.2. The second-order valence-electron chi connectivity index (χ2n) is 9.46. The predicted octanol–water partition coefficient (Wildman–Crippen LogP) is 6.77. The summed E-state index contributed by atoms with van der Waals surface area (Å²) in [7, 11) is -3.60. The van der Waals surface area contributed by atoms with Gasteiger partial charge >= 0.3 is 0 Å². The molecule has 0 aliphatic heterocycles. The van der Waals surface area contributed by atoms with Crippen molar-refractivity contribution >= 4 is 33.0 Å². The molecule has 0 aliphatic rings. The van der Waals surface area contributed by atoms with Gasteiger partial charge in [-0.25, -0.2) is 17.8 Å². The highest BCUT2D eigenvalue weighted by atomic mass is 35.5. The van der Waals surface area contributed by atoms with E-state index in [1.54, 1.807) is 57.3 Å². The minimum atomic E-state index is -3.60. The Morgan fingerprint density at radius 1 is 1.00 bits per heavy atom. The monoisotopic (exact) mass is 560 g/mol. The number of aromatic nitrogens is 2. The van der Waals surface area contributed by atoms with Crippen LogP contribution in [0.5, 0.6) is 0 Å². The van der Waals surface area contributed by atoms with Crippen molar-refractivity contribution in [3.8, 4) is 16.8 Å². The summed E-state index contributed by atoms with van der Waals surface area (Å²) in [5.41, 5.74) is 2.08. The van der Waals surface area contributed by atoms with Crippen LogP contribution < -0.4 is 0 Å². The molecule has 0 bridgehead atoms. The molecule has 0 aliphatic carbocycles. The fraction of sp³-hybridized carbons (Fsp3) is 0.250. The summed E-state index contributed by atoms with van der Waals surface area (Å²) >= 11 is 12.8. The first-order chi connectivity index (χ1) is 17.3. The Labute approximate surface area is 226 Å². The maximum atomic E-state index is 14.8. The van der Waals surface area contributed by atoms with Crippen LogP contribution in [0.2, 0.25) is 10.0 Å². The quantitative estimate of drug-likeness (QED) is 0.270. The van der Waals surface area contributed by atoms with E-state index in [0.717, 1.165) is 17.5 Å². The number of benzene rings is 3. The van der Waals surface area contributed by atoms with Gasteiger partial charge in [-0.15, -0.1) is 0 Å². The van der Waals surface area contributed by atoms with Crippen molar-refractivity contribution in [2.24, 2.45) is 0 Å². The highest BCUT2D eigenvalue weighted by Crippen LogP contribution is 2.32. The zero-order valence-corrected chi connectivity index (χ0v) is 23.2. The molecule has 0 saturated heterocycles. The maximum absolute atomic E-state index is 14.8. The molecule has 0 unspecified atom stereocenters. The van der Waals surface area contributed by atoms with Crippen LogP contribution in [0, 0.1) is 5.82 Å². The highest BCUT2D eigenvalue weighted by molar-refractivity contribution is 7.90. The summed E-state index contributed by atoms with van der Waals surface area (Å²) < 4.78 is 41.2. The number of halogens is 3. The van der Waals surface area contributed by atoms with Gasteiger partial charge in [-0.1, -0.05) is 48.3 Å². The van der Waals surface area contributed by atoms with Crippen molar-refractivity contribution in [3.63, 3.8) is 0 Å². The second kappa shape index (κ2) is 10.2. The van der Waals surface area contributed by atoms with Crippen LogP contribution in [-0.2, 0) is 28.3 Å². The molecule has 9 heteroatoms. The van der Waals surface area contributed by atoms with Gasteiger partial charge in [0, 0.05) is 40.2 Å². The molecule has 4 rings (SSSR count). The average molecular weight is 562 g/mol. The third kappa shape index (κ3) is 5.75. The van der Waals surface area contributed by atoms with E-state index in [1.165, 1.54) is 12.1 Å². The zero-order chi connectivity index (χ0) is 27.1. The van der Waals surface area contributed by atoms with Crippen molar-refractivity contribution < 1.29 is 17.9 Å². The molecular weight excluding hydrogens is 534 g/mol. The number of nitrogens with zero attached hydrogens (tertiary/aromatic N) is 2. The molecule has 5 nitrogen and oxygen atoms in total. The van der Waals surface area contributed by atoms with E-state index < -0.39 is 21.3 Å². The van der Waals surface area contributed by atoms with Gasteiger partial charge < -0.3 is 9.67 Å². The SMILES string of the molecule is CCc1c(F)cc(-c2ccc(-n3cc(C(C)(C)O)nc3Cc3c(Cl)cccc3Cl)cc2)cc1S(C)(=O)=O. The van der Waals surface area contributed by atoms with Gasteiger partial charge in [-0.3, -0.25) is 0 Å². The Hall–Kier alpha value is -2.71. The Balaban J connectivity index is 1.78. The summed E-state index contributed by atoms with van der Waals surface area (Å²) in [6.07, 6.45) is 3.44. The number of sulfone groups is 1. The Morgan fingerprint density at radius 3 is 2.16 bits per heavy atom. The number of imidazole rings is 1. The van der Waals surface area contributed by atoms with Gasteiger partial charge in [-0.2, -0.15) is 0 Å². The molecule has 0 saturated carbocycles. The minimum Gasteiger partial charge on any atom is -0.384 e. The van der Waals surface area contributed by atoms with Crippen LogP contribution in [0.4, 0.5) is 4.39 Å². The number of hydrogen-bond acceptors (Lipinski definition) is 4. The molecule has 1 heterocycles. The van der Waals surface area contributed by atoms with E-state index >= 15 is 0 Å². The van der Waals surface area contributed by atoms with Gasteiger partial charge in [0.15, 0.2) is 9.84 Å². The summed E-state index contributed by atoms with van der Waals surface area (Å²) in [5.74, 6) is 0.0745. The van der Waals surface area contributed by atoms with Gasteiger partial charge in [0.05, 0.1) is 10.6 Å². The first kappa shape index (κ1) is 27.3. The molecule has 194 valence electrons.